The van der Waals surface area contributed by atoms with Gasteiger partial charge in [0.25, 0.3) is 0 Å². The molecule has 0 heterocycles. The Hall–Kier alpha value is -0.160. The summed E-state index contributed by atoms with van der Waals surface area (Å²) in [5.41, 5.74) is 0.101. The molecule has 0 aromatic heterocycles. The Morgan fingerprint density at radius 1 is 1.06 bits per heavy atom. The zero-order valence-electron chi connectivity index (χ0n) is 12.9. The summed E-state index contributed by atoms with van der Waals surface area (Å²) in [5, 5.41) is 3.42. The lowest BCUT2D eigenvalue weighted by Gasteiger charge is -2.25. The first-order valence-electron chi connectivity index (χ1n) is 6.78. The van der Waals surface area contributed by atoms with E-state index in [2.05, 4.69) is 39.9 Å². The first-order valence-corrected chi connectivity index (χ1v) is 6.78. The van der Waals surface area contributed by atoms with E-state index in [1.807, 2.05) is 0 Å². The molecule has 0 saturated heterocycles. The van der Waals surface area contributed by atoms with Crippen molar-refractivity contribution >= 4 is 0 Å². The fraction of sp³-hybridized carbons (Fsp3) is 1.00. The van der Waals surface area contributed by atoms with Crippen molar-refractivity contribution in [2.75, 3.05) is 40.1 Å². The monoisotopic (exact) mass is 261 g/mol. The molecule has 0 fully saturated rings. The second-order valence-corrected chi connectivity index (χ2v) is 6.05. The van der Waals surface area contributed by atoms with Gasteiger partial charge in [-0.05, 0) is 26.7 Å². The molecule has 0 saturated carbocycles. The van der Waals surface area contributed by atoms with Crippen LogP contribution in [0, 0.1) is 5.92 Å². The molecule has 0 aliphatic carbocycles. The van der Waals surface area contributed by atoms with Crippen molar-refractivity contribution in [3.8, 4) is 0 Å². The number of hydrogen-bond donors (Lipinski definition) is 1. The number of methoxy groups -OCH3 is 1. The van der Waals surface area contributed by atoms with Gasteiger partial charge in [0.2, 0.25) is 0 Å². The Morgan fingerprint density at radius 2 is 1.72 bits per heavy atom. The van der Waals surface area contributed by atoms with E-state index in [-0.39, 0.29) is 11.6 Å². The fourth-order valence-corrected chi connectivity index (χ4v) is 1.36. The molecule has 0 amide bonds. The minimum Gasteiger partial charge on any atom is -0.382 e. The minimum absolute atomic E-state index is 0.0804. The standard InChI is InChI=1S/C14H31NO3/c1-12(2)10-17-7-8-18-13(11-16-6)9-15-14(3,4)5/h12-13,15H,7-11H2,1-6H3. The van der Waals surface area contributed by atoms with Crippen LogP contribution in [-0.4, -0.2) is 51.7 Å². The van der Waals surface area contributed by atoms with Gasteiger partial charge in [0, 0.05) is 25.8 Å². The van der Waals surface area contributed by atoms with E-state index >= 15 is 0 Å². The summed E-state index contributed by atoms with van der Waals surface area (Å²) in [6, 6.07) is 0. The second-order valence-electron chi connectivity index (χ2n) is 6.05. The van der Waals surface area contributed by atoms with Crippen LogP contribution in [0.4, 0.5) is 0 Å². The Bertz CT molecular complexity index is 190. The average Bonchev–Trinajstić information content (AvgIpc) is 2.23. The highest BCUT2D eigenvalue weighted by Crippen LogP contribution is 2.01. The first kappa shape index (κ1) is 17.8. The lowest BCUT2D eigenvalue weighted by atomic mass is 10.1. The Labute approximate surface area is 112 Å². The first-order chi connectivity index (χ1) is 8.35. The van der Waals surface area contributed by atoms with Crippen LogP contribution in [0.2, 0.25) is 0 Å². The number of nitrogens with one attached hydrogen (secondary N) is 1. The predicted molar refractivity (Wildman–Crippen MR) is 75.0 cm³/mol. The van der Waals surface area contributed by atoms with Crippen LogP contribution in [-0.2, 0) is 14.2 Å². The van der Waals surface area contributed by atoms with Gasteiger partial charge in [-0.25, -0.2) is 0 Å². The third kappa shape index (κ3) is 12.3. The highest BCUT2D eigenvalue weighted by atomic mass is 16.5. The molecule has 110 valence electrons. The molecule has 1 N–H and O–H groups in total. The van der Waals surface area contributed by atoms with Gasteiger partial charge in [-0.3, -0.25) is 0 Å². The molecule has 0 rings (SSSR count). The highest BCUT2D eigenvalue weighted by molar-refractivity contribution is 4.73. The summed E-state index contributed by atoms with van der Waals surface area (Å²) >= 11 is 0. The van der Waals surface area contributed by atoms with Crippen molar-refractivity contribution in [3.63, 3.8) is 0 Å². The van der Waals surface area contributed by atoms with Crippen LogP contribution in [0.15, 0.2) is 0 Å². The van der Waals surface area contributed by atoms with Gasteiger partial charge in [0.15, 0.2) is 0 Å². The van der Waals surface area contributed by atoms with Crippen LogP contribution in [0.25, 0.3) is 0 Å². The second kappa shape index (κ2) is 9.73. The van der Waals surface area contributed by atoms with Crippen LogP contribution in [0.5, 0.6) is 0 Å². The van der Waals surface area contributed by atoms with Gasteiger partial charge in [-0.1, -0.05) is 13.8 Å². The number of rotatable bonds is 10. The minimum atomic E-state index is 0.0804. The van der Waals surface area contributed by atoms with Crippen molar-refractivity contribution in [3.05, 3.63) is 0 Å². The van der Waals surface area contributed by atoms with E-state index in [0.29, 0.717) is 25.7 Å². The Balaban J connectivity index is 3.69. The van der Waals surface area contributed by atoms with E-state index in [4.69, 9.17) is 14.2 Å². The van der Waals surface area contributed by atoms with Gasteiger partial charge < -0.3 is 19.5 Å². The zero-order chi connectivity index (χ0) is 14.0. The average molecular weight is 261 g/mol. The van der Waals surface area contributed by atoms with E-state index in [1.54, 1.807) is 7.11 Å². The van der Waals surface area contributed by atoms with E-state index in [1.165, 1.54) is 0 Å². The molecule has 0 aromatic rings. The molecule has 0 bridgehead atoms. The quantitative estimate of drug-likeness (QED) is 0.611. The smallest absolute Gasteiger partial charge is 0.0933 e. The highest BCUT2D eigenvalue weighted by Gasteiger charge is 2.14. The molecule has 0 aliphatic rings. The zero-order valence-corrected chi connectivity index (χ0v) is 12.9. The summed E-state index contributed by atoms with van der Waals surface area (Å²) in [6.45, 7) is 14.2. The molecule has 1 atom stereocenters. The number of ether oxygens (including phenoxy) is 3. The normalized spacial score (nSPS) is 14.2. The lowest BCUT2D eigenvalue weighted by Crippen LogP contribution is -2.43. The summed E-state index contributed by atoms with van der Waals surface area (Å²) in [6.07, 6.45) is 0.0804. The van der Waals surface area contributed by atoms with Crippen LogP contribution >= 0.6 is 0 Å². The summed E-state index contributed by atoms with van der Waals surface area (Å²) in [7, 11) is 1.70. The summed E-state index contributed by atoms with van der Waals surface area (Å²) in [4.78, 5) is 0. The van der Waals surface area contributed by atoms with Gasteiger partial charge in [-0.15, -0.1) is 0 Å². The van der Waals surface area contributed by atoms with E-state index in [0.717, 1.165) is 13.2 Å². The van der Waals surface area contributed by atoms with Gasteiger partial charge in [0.1, 0.15) is 0 Å². The molecular weight excluding hydrogens is 230 g/mol. The SMILES string of the molecule is COCC(CNC(C)(C)C)OCCOCC(C)C. The van der Waals surface area contributed by atoms with E-state index < -0.39 is 0 Å². The third-order valence-electron chi connectivity index (χ3n) is 2.25. The van der Waals surface area contributed by atoms with Crippen molar-refractivity contribution in [1.82, 2.24) is 5.32 Å². The fourth-order valence-electron chi connectivity index (χ4n) is 1.36. The summed E-state index contributed by atoms with van der Waals surface area (Å²) < 4.78 is 16.4. The number of hydrogen-bond acceptors (Lipinski definition) is 4. The van der Waals surface area contributed by atoms with Crippen molar-refractivity contribution in [2.24, 2.45) is 5.92 Å². The van der Waals surface area contributed by atoms with Crippen molar-refractivity contribution in [1.29, 1.82) is 0 Å². The van der Waals surface area contributed by atoms with Crippen molar-refractivity contribution < 1.29 is 14.2 Å². The molecule has 18 heavy (non-hydrogen) atoms. The predicted octanol–water partition coefficient (Wildman–Crippen LogP) is 2.08. The van der Waals surface area contributed by atoms with E-state index in [9.17, 15) is 0 Å². The van der Waals surface area contributed by atoms with Crippen LogP contribution in [0.1, 0.15) is 34.6 Å². The van der Waals surface area contributed by atoms with Gasteiger partial charge in [0.05, 0.1) is 25.9 Å². The molecule has 0 aliphatic heterocycles. The summed E-state index contributed by atoms with van der Waals surface area (Å²) in [5.74, 6) is 0.572. The molecule has 4 nitrogen and oxygen atoms in total. The largest absolute Gasteiger partial charge is 0.382 e. The molecule has 0 spiro atoms. The van der Waals surface area contributed by atoms with Crippen LogP contribution in [0.3, 0.4) is 0 Å². The molecule has 1 unspecified atom stereocenters. The lowest BCUT2D eigenvalue weighted by molar-refractivity contribution is -0.0321. The topological polar surface area (TPSA) is 39.7 Å². The third-order valence-corrected chi connectivity index (χ3v) is 2.25. The maximum absolute atomic E-state index is 5.75. The van der Waals surface area contributed by atoms with Gasteiger partial charge >= 0.3 is 0 Å². The molecule has 0 radical (unpaired) electrons. The maximum atomic E-state index is 5.75. The molecule has 0 aromatic carbocycles. The Kier molecular flexibility index (Phi) is 9.64. The Morgan fingerprint density at radius 3 is 2.22 bits per heavy atom. The van der Waals surface area contributed by atoms with Crippen LogP contribution < -0.4 is 5.32 Å². The molecule has 4 heteroatoms. The van der Waals surface area contributed by atoms with Crippen molar-refractivity contribution in [2.45, 2.75) is 46.3 Å². The van der Waals surface area contributed by atoms with Gasteiger partial charge in [-0.2, -0.15) is 0 Å². The maximum Gasteiger partial charge on any atom is 0.0933 e. The molecular formula is C14H31NO3.